The van der Waals surface area contributed by atoms with Crippen molar-refractivity contribution in [2.75, 3.05) is 27.8 Å². The van der Waals surface area contributed by atoms with E-state index in [9.17, 15) is 4.79 Å². The van der Waals surface area contributed by atoms with Gasteiger partial charge in [0, 0.05) is 18.2 Å². The van der Waals surface area contributed by atoms with Gasteiger partial charge in [-0.3, -0.25) is 4.79 Å². The third-order valence-corrected chi connectivity index (χ3v) is 4.03. The summed E-state index contributed by atoms with van der Waals surface area (Å²) in [6.45, 7) is 3.91. The minimum Gasteiger partial charge on any atom is -0.493 e. The van der Waals surface area contributed by atoms with Crippen molar-refractivity contribution in [1.29, 1.82) is 0 Å². The van der Waals surface area contributed by atoms with Crippen LogP contribution in [-0.2, 0) is 17.9 Å². The fourth-order valence-corrected chi connectivity index (χ4v) is 2.76. The molecule has 0 aliphatic rings. The Labute approximate surface area is 161 Å². The Morgan fingerprint density at radius 3 is 2.52 bits per heavy atom. The topological polar surface area (TPSA) is 52.0 Å². The van der Waals surface area contributed by atoms with Crippen molar-refractivity contribution in [2.24, 2.45) is 0 Å². The van der Waals surface area contributed by atoms with Crippen LogP contribution in [0.4, 0.5) is 0 Å². The number of nitrogens with one attached hydrogen (secondary N) is 2. The maximum atomic E-state index is 12.2. The molecule has 0 saturated carbocycles. The monoisotopic (exact) mass is 369 g/mol. The standard InChI is InChI=1S/C22H28N2O3/c1-5-27-21-14-17(10-12-20(21)26-4)11-13-22(25)23-15-18-8-6-7-9-19(18)16-24(2)3/h6-14H,5,15-16H2,1-4H3,(H,23,25)/p+1/b13-11+. The van der Waals surface area contributed by atoms with Gasteiger partial charge < -0.3 is 19.7 Å². The van der Waals surface area contributed by atoms with Crippen LogP contribution in [0.1, 0.15) is 23.6 Å². The van der Waals surface area contributed by atoms with Gasteiger partial charge in [-0.05, 0) is 36.3 Å². The van der Waals surface area contributed by atoms with Crippen molar-refractivity contribution < 1.29 is 19.2 Å². The Bertz CT molecular complexity index is 785. The van der Waals surface area contributed by atoms with Gasteiger partial charge in [-0.2, -0.15) is 0 Å². The molecule has 27 heavy (non-hydrogen) atoms. The van der Waals surface area contributed by atoms with E-state index in [-0.39, 0.29) is 5.91 Å². The zero-order chi connectivity index (χ0) is 19.6. The normalized spacial score (nSPS) is 11.0. The number of quaternary nitrogens is 1. The highest BCUT2D eigenvalue weighted by Gasteiger charge is 2.07. The van der Waals surface area contributed by atoms with Crippen LogP contribution in [0, 0.1) is 0 Å². The van der Waals surface area contributed by atoms with Crippen LogP contribution in [0.5, 0.6) is 11.5 Å². The van der Waals surface area contributed by atoms with E-state index in [4.69, 9.17) is 9.47 Å². The van der Waals surface area contributed by atoms with Gasteiger partial charge in [-0.25, -0.2) is 0 Å². The molecular formula is C22H29N2O3+. The SMILES string of the molecule is CCOc1cc(/C=C/C(=O)NCc2ccccc2C[NH+](C)C)ccc1OC. The van der Waals surface area contributed by atoms with Gasteiger partial charge in [0.15, 0.2) is 11.5 Å². The summed E-state index contributed by atoms with van der Waals surface area (Å²) < 4.78 is 10.8. The summed E-state index contributed by atoms with van der Waals surface area (Å²) in [5.74, 6) is 1.22. The molecule has 1 amide bonds. The van der Waals surface area contributed by atoms with E-state index in [1.807, 2.05) is 37.3 Å². The maximum absolute atomic E-state index is 12.2. The first-order valence-corrected chi connectivity index (χ1v) is 9.16. The first-order valence-electron chi connectivity index (χ1n) is 9.16. The summed E-state index contributed by atoms with van der Waals surface area (Å²) in [4.78, 5) is 13.5. The smallest absolute Gasteiger partial charge is 0.244 e. The van der Waals surface area contributed by atoms with Gasteiger partial charge in [0.25, 0.3) is 0 Å². The molecule has 0 aliphatic carbocycles. The summed E-state index contributed by atoms with van der Waals surface area (Å²) in [5, 5.41) is 2.95. The minimum absolute atomic E-state index is 0.129. The molecule has 0 bridgehead atoms. The Balaban J connectivity index is 1.99. The number of carbonyl (C=O) groups is 1. The highest BCUT2D eigenvalue weighted by atomic mass is 16.5. The van der Waals surface area contributed by atoms with E-state index >= 15 is 0 Å². The zero-order valence-electron chi connectivity index (χ0n) is 16.5. The van der Waals surface area contributed by atoms with Crippen molar-refractivity contribution in [2.45, 2.75) is 20.0 Å². The van der Waals surface area contributed by atoms with Gasteiger partial charge in [0.05, 0.1) is 27.8 Å². The van der Waals surface area contributed by atoms with E-state index in [1.54, 1.807) is 13.2 Å². The molecule has 0 heterocycles. The van der Waals surface area contributed by atoms with Gasteiger partial charge in [-0.1, -0.05) is 30.3 Å². The van der Waals surface area contributed by atoms with E-state index in [1.165, 1.54) is 16.5 Å². The van der Waals surface area contributed by atoms with Crippen molar-refractivity contribution in [1.82, 2.24) is 5.32 Å². The summed E-state index contributed by atoms with van der Waals surface area (Å²) in [6, 6.07) is 13.8. The zero-order valence-corrected chi connectivity index (χ0v) is 16.5. The molecule has 0 aromatic heterocycles. The second-order valence-corrected chi connectivity index (χ2v) is 6.55. The number of rotatable bonds is 9. The molecule has 0 fully saturated rings. The number of carbonyl (C=O) groups excluding carboxylic acids is 1. The van der Waals surface area contributed by atoms with Crippen molar-refractivity contribution >= 4 is 12.0 Å². The van der Waals surface area contributed by atoms with Crippen LogP contribution < -0.4 is 19.7 Å². The van der Waals surface area contributed by atoms with E-state index in [0.29, 0.717) is 24.7 Å². The molecule has 0 spiro atoms. The molecule has 144 valence electrons. The number of methoxy groups -OCH3 is 1. The molecule has 0 atom stereocenters. The van der Waals surface area contributed by atoms with Gasteiger partial charge in [0.1, 0.15) is 6.54 Å². The predicted molar refractivity (Wildman–Crippen MR) is 108 cm³/mol. The quantitative estimate of drug-likeness (QED) is 0.666. The molecule has 2 N–H and O–H groups in total. The molecule has 5 nitrogen and oxygen atoms in total. The number of hydrogen-bond acceptors (Lipinski definition) is 3. The average molecular weight is 369 g/mol. The van der Waals surface area contributed by atoms with Crippen LogP contribution >= 0.6 is 0 Å². The van der Waals surface area contributed by atoms with Gasteiger partial charge in [0.2, 0.25) is 5.91 Å². The second-order valence-electron chi connectivity index (χ2n) is 6.55. The number of ether oxygens (including phenoxy) is 2. The summed E-state index contributed by atoms with van der Waals surface area (Å²) in [6.07, 6.45) is 3.31. The molecule has 2 aromatic carbocycles. The largest absolute Gasteiger partial charge is 0.493 e. The molecular weight excluding hydrogens is 340 g/mol. The molecule has 0 unspecified atom stereocenters. The molecule has 5 heteroatoms. The van der Waals surface area contributed by atoms with E-state index in [2.05, 4.69) is 31.5 Å². The van der Waals surface area contributed by atoms with E-state index < -0.39 is 0 Å². The van der Waals surface area contributed by atoms with Crippen LogP contribution in [-0.4, -0.2) is 33.7 Å². The number of benzene rings is 2. The van der Waals surface area contributed by atoms with Crippen LogP contribution in [0.2, 0.25) is 0 Å². The fraction of sp³-hybridized carbons (Fsp3) is 0.318. The summed E-state index contributed by atoms with van der Waals surface area (Å²) in [7, 11) is 5.84. The van der Waals surface area contributed by atoms with Crippen molar-refractivity contribution in [3.8, 4) is 11.5 Å². The lowest BCUT2D eigenvalue weighted by atomic mass is 10.1. The Hall–Kier alpha value is -2.79. The first kappa shape index (κ1) is 20.5. The molecule has 2 rings (SSSR count). The first-order chi connectivity index (χ1) is 13.0. The van der Waals surface area contributed by atoms with Crippen LogP contribution in [0.25, 0.3) is 6.08 Å². The maximum Gasteiger partial charge on any atom is 0.244 e. The average Bonchev–Trinajstić information content (AvgIpc) is 2.65. The predicted octanol–water partition coefficient (Wildman–Crippen LogP) is 2.07. The Morgan fingerprint density at radius 1 is 1.11 bits per heavy atom. The number of hydrogen-bond donors (Lipinski definition) is 2. The fourth-order valence-electron chi connectivity index (χ4n) is 2.76. The second kappa shape index (κ2) is 10.4. The highest BCUT2D eigenvalue weighted by molar-refractivity contribution is 5.91. The lowest BCUT2D eigenvalue weighted by molar-refractivity contribution is -0.872. The van der Waals surface area contributed by atoms with Crippen LogP contribution in [0.15, 0.2) is 48.5 Å². The number of amides is 1. The lowest BCUT2D eigenvalue weighted by Crippen LogP contribution is -3.04. The van der Waals surface area contributed by atoms with Crippen molar-refractivity contribution in [3.05, 3.63) is 65.2 Å². The third-order valence-electron chi connectivity index (χ3n) is 4.03. The molecule has 0 radical (unpaired) electrons. The summed E-state index contributed by atoms with van der Waals surface area (Å²) in [5.41, 5.74) is 3.27. The van der Waals surface area contributed by atoms with Gasteiger partial charge in [-0.15, -0.1) is 0 Å². The van der Waals surface area contributed by atoms with Crippen molar-refractivity contribution in [3.63, 3.8) is 0 Å². The van der Waals surface area contributed by atoms with Crippen LogP contribution in [0.3, 0.4) is 0 Å². The lowest BCUT2D eigenvalue weighted by Gasteiger charge is -2.12. The summed E-state index contributed by atoms with van der Waals surface area (Å²) >= 11 is 0. The van der Waals surface area contributed by atoms with E-state index in [0.717, 1.165) is 17.7 Å². The molecule has 0 saturated heterocycles. The molecule has 0 aliphatic heterocycles. The molecule has 2 aromatic rings. The highest BCUT2D eigenvalue weighted by Crippen LogP contribution is 2.28. The third kappa shape index (κ3) is 6.46. The van der Waals surface area contributed by atoms with Gasteiger partial charge >= 0.3 is 0 Å². The minimum atomic E-state index is -0.129. The Morgan fingerprint density at radius 2 is 1.85 bits per heavy atom. The Kier molecular flexibility index (Phi) is 7.89.